The molecule has 0 aliphatic rings. The third-order valence-electron chi connectivity index (χ3n) is 2.70. The fraction of sp³-hybridized carbons (Fsp3) is 0.385. The summed E-state index contributed by atoms with van der Waals surface area (Å²) in [7, 11) is 0. The van der Waals surface area contributed by atoms with Crippen LogP contribution in [0.1, 0.15) is 31.3 Å². The van der Waals surface area contributed by atoms with E-state index in [-0.39, 0.29) is 25.0 Å². The normalized spacial score (nSPS) is 11.0. The van der Waals surface area contributed by atoms with Gasteiger partial charge >= 0.3 is 0 Å². The number of nitrogens with zero attached hydrogens (tertiary/aromatic N) is 3. The van der Waals surface area contributed by atoms with Crippen molar-refractivity contribution in [2.24, 2.45) is 0 Å². The van der Waals surface area contributed by atoms with Crippen molar-refractivity contribution in [2.45, 2.75) is 33.1 Å². The molecule has 1 heterocycles. The van der Waals surface area contributed by atoms with E-state index < -0.39 is 5.82 Å². The summed E-state index contributed by atoms with van der Waals surface area (Å²) in [5.41, 5.74) is 0.413. The topological polar surface area (TPSA) is 60.2 Å². The molecule has 0 saturated heterocycles. The summed E-state index contributed by atoms with van der Waals surface area (Å²) in [6, 6.07) is 4.59. The third-order valence-corrected chi connectivity index (χ3v) is 2.70. The summed E-state index contributed by atoms with van der Waals surface area (Å²) in [5, 5.41) is 13.2. The van der Waals surface area contributed by atoms with Gasteiger partial charge in [0.2, 0.25) is 0 Å². The fourth-order valence-electron chi connectivity index (χ4n) is 1.79. The number of ether oxygens (including phenoxy) is 1. The van der Waals surface area contributed by atoms with Crippen LogP contribution in [0, 0.1) is 5.82 Å². The van der Waals surface area contributed by atoms with Gasteiger partial charge in [0.05, 0.1) is 6.61 Å². The number of hydrogen-bond acceptors (Lipinski definition) is 4. The first-order valence-electron chi connectivity index (χ1n) is 6.03. The monoisotopic (exact) mass is 265 g/mol. The number of rotatable bonds is 5. The molecule has 0 amide bonds. The molecule has 102 valence electrons. The Balaban J connectivity index is 2.17. The molecule has 1 aromatic heterocycles. The van der Waals surface area contributed by atoms with Crippen LogP contribution < -0.4 is 4.74 Å². The van der Waals surface area contributed by atoms with Crippen LogP contribution in [-0.2, 0) is 13.2 Å². The molecular formula is C13H16FN3O2. The molecule has 0 aliphatic carbocycles. The van der Waals surface area contributed by atoms with Gasteiger partial charge in [0, 0.05) is 11.6 Å². The molecule has 0 atom stereocenters. The molecule has 0 radical (unpaired) electrons. The highest BCUT2D eigenvalue weighted by Crippen LogP contribution is 2.23. The van der Waals surface area contributed by atoms with E-state index in [9.17, 15) is 4.39 Å². The number of hydrogen-bond donors (Lipinski definition) is 1. The van der Waals surface area contributed by atoms with E-state index in [1.807, 2.05) is 13.8 Å². The molecular weight excluding hydrogens is 249 g/mol. The fourth-order valence-corrected chi connectivity index (χ4v) is 1.79. The van der Waals surface area contributed by atoms with Gasteiger partial charge in [-0.3, -0.25) is 0 Å². The summed E-state index contributed by atoms with van der Waals surface area (Å²) in [5.74, 6) is 0.174. The number of aliphatic hydroxyl groups excluding tert-OH is 1. The summed E-state index contributed by atoms with van der Waals surface area (Å²) in [6.07, 6.45) is 1.44. The van der Waals surface area contributed by atoms with Gasteiger partial charge in [0.1, 0.15) is 12.9 Å². The summed E-state index contributed by atoms with van der Waals surface area (Å²) < 4.78 is 20.8. The highest BCUT2D eigenvalue weighted by molar-refractivity contribution is 5.34. The van der Waals surface area contributed by atoms with Crippen molar-refractivity contribution in [1.82, 2.24) is 14.8 Å². The maximum Gasteiger partial charge on any atom is 0.165 e. The Labute approximate surface area is 110 Å². The molecule has 0 aliphatic heterocycles. The lowest BCUT2D eigenvalue weighted by Gasteiger charge is -2.12. The SMILES string of the molecule is CC(C)n1ncnc1COc1c(F)cccc1CO. The first-order chi connectivity index (χ1) is 9.13. The minimum atomic E-state index is -0.498. The lowest BCUT2D eigenvalue weighted by atomic mass is 10.2. The van der Waals surface area contributed by atoms with E-state index in [2.05, 4.69) is 10.1 Å². The number of halogens is 1. The van der Waals surface area contributed by atoms with E-state index in [1.54, 1.807) is 10.7 Å². The molecule has 19 heavy (non-hydrogen) atoms. The number of para-hydroxylation sites is 1. The molecule has 0 bridgehead atoms. The first kappa shape index (κ1) is 13.5. The number of benzene rings is 1. The summed E-state index contributed by atoms with van der Waals surface area (Å²) >= 11 is 0. The smallest absolute Gasteiger partial charge is 0.165 e. The Morgan fingerprint density at radius 3 is 2.89 bits per heavy atom. The van der Waals surface area contributed by atoms with Crippen molar-refractivity contribution in [1.29, 1.82) is 0 Å². The standard InChI is InChI=1S/C13H16FN3O2/c1-9(2)17-12(15-8-16-17)7-19-13-10(6-18)4-3-5-11(13)14/h3-5,8-9,18H,6-7H2,1-2H3. The van der Waals surface area contributed by atoms with Crippen molar-refractivity contribution in [2.75, 3.05) is 0 Å². The van der Waals surface area contributed by atoms with Crippen LogP contribution in [0.2, 0.25) is 0 Å². The Morgan fingerprint density at radius 1 is 1.42 bits per heavy atom. The first-order valence-corrected chi connectivity index (χ1v) is 6.03. The van der Waals surface area contributed by atoms with Crippen LogP contribution in [0.4, 0.5) is 4.39 Å². The van der Waals surface area contributed by atoms with Crippen LogP contribution in [0.3, 0.4) is 0 Å². The van der Waals surface area contributed by atoms with Crippen LogP contribution in [0.25, 0.3) is 0 Å². The van der Waals surface area contributed by atoms with Gasteiger partial charge in [-0.05, 0) is 19.9 Å². The van der Waals surface area contributed by atoms with Crippen molar-refractivity contribution in [3.63, 3.8) is 0 Å². The average Bonchev–Trinajstić information content (AvgIpc) is 2.85. The quantitative estimate of drug-likeness (QED) is 0.899. The maximum absolute atomic E-state index is 13.6. The molecule has 0 saturated carbocycles. The van der Waals surface area contributed by atoms with Gasteiger partial charge in [-0.2, -0.15) is 5.10 Å². The zero-order chi connectivity index (χ0) is 13.8. The Morgan fingerprint density at radius 2 is 2.21 bits per heavy atom. The van der Waals surface area contributed by atoms with Gasteiger partial charge in [-0.1, -0.05) is 12.1 Å². The molecule has 2 aromatic rings. The van der Waals surface area contributed by atoms with Crippen molar-refractivity contribution in [3.8, 4) is 5.75 Å². The van der Waals surface area contributed by atoms with Gasteiger partial charge in [0.15, 0.2) is 17.4 Å². The Bertz CT molecular complexity index is 555. The second-order valence-electron chi connectivity index (χ2n) is 4.39. The van der Waals surface area contributed by atoms with Crippen LogP contribution >= 0.6 is 0 Å². The second-order valence-corrected chi connectivity index (χ2v) is 4.39. The Hall–Kier alpha value is -1.95. The van der Waals surface area contributed by atoms with E-state index in [1.165, 1.54) is 18.5 Å². The molecule has 0 fully saturated rings. The average molecular weight is 265 g/mol. The van der Waals surface area contributed by atoms with Crippen LogP contribution in [0.15, 0.2) is 24.5 Å². The minimum absolute atomic E-state index is 0.0586. The highest BCUT2D eigenvalue weighted by atomic mass is 19.1. The third kappa shape index (κ3) is 2.90. The molecule has 2 rings (SSSR count). The van der Waals surface area contributed by atoms with E-state index in [0.29, 0.717) is 11.4 Å². The van der Waals surface area contributed by atoms with E-state index in [4.69, 9.17) is 9.84 Å². The van der Waals surface area contributed by atoms with Crippen LogP contribution in [0.5, 0.6) is 5.75 Å². The van der Waals surface area contributed by atoms with Gasteiger partial charge in [0.25, 0.3) is 0 Å². The predicted octanol–water partition coefficient (Wildman–Crippen LogP) is 2.07. The largest absolute Gasteiger partial charge is 0.482 e. The van der Waals surface area contributed by atoms with Crippen molar-refractivity contribution < 1.29 is 14.2 Å². The molecule has 0 spiro atoms. The van der Waals surface area contributed by atoms with Crippen LogP contribution in [-0.4, -0.2) is 19.9 Å². The van der Waals surface area contributed by atoms with E-state index in [0.717, 1.165) is 0 Å². The summed E-state index contributed by atoms with van der Waals surface area (Å²) in [6.45, 7) is 3.77. The Kier molecular flexibility index (Phi) is 4.11. The zero-order valence-corrected chi connectivity index (χ0v) is 10.9. The molecule has 6 heteroatoms. The predicted molar refractivity (Wildman–Crippen MR) is 67.1 cm³/mol. The lowest BCUT2D eigenvalue weighted by Crippen LogP contribution is -2.11. The van der Waals surface area contributed by atoms with Gasteiger partial charge in [-0.25, -0.2) is 14.1 Å². The number of aromatic nitrogens is 3. The summed E-state index contributed by atoms with van der Waals surface area (Å²) in [4.78, 5) is 4.08. The molecule has 0 unspecified atom stereocenters. The van der Waals surface area contributed by atoms with Crippen molar-refractivity contribution >= 4 is 0 Å². The zero-order valence-electron chi connectivity index (χ0n) is 10.9. The van der Waals surface area contributed by atoms with Gasteiger partial charge in [-0.15, -0.1) is 0 Å². The maximum atomic E-state index is 13.6. The number of aliphatic hydroxyl groups is 1. The second kappa shape index (κ2) is 5.79. The lowest BCUT2D eigenvalue weighted by molar-refractivity contribution is 0.242. The molecule has 5 nitrogen and oxygen atoms in total. The highest BCUT2D eigenvalue weighted by Gasteiger charge is 2.12. The molecule has 1 N–H and O–H groups in total. The minimum Gasteiger partial charge on any atom is -0.482 e. The molecule has 1 aromatic carbocycles. The van der Waals surface area contributed by atoms with Crippen molar-refractivity contribution in [3.05, 3.63) is 41.7 Å². The van der Waals surface area contributed by atoms with E-state index >= 15 is 0 Å². The van der Waals surface area contributed by atoms with Gasteiger partial charge < -0.3 is 9.84 Å².